The minimum atomic E-state index is -0.903. The Morgan fingerprint density at radius 3 is 1.80 bits per heavy atom. The first-order valence-electron chi connectivity index (χ1n) is 5.25. The number of hydrogen-bond donors (Lipinski definition) is 5. The fourth-order valence-electron chi connectivity index (χ4n) is 1.33. The Kier molecular flexibility index (Phi) is 7.90. The number of rotatable bonds is 9. The Hall–Kier alpha value is -0.200. The summed E-state index contributed by atoms with van der Waals surface area (Å²) in [6, 6.07) is 0. The molecular formula is C10H22O5. The molecule has 0 amide bonds. The first kappa shape index (κ1) is 14.8. The first-order valence-corrected chi connectivity index (χ1v) is 5.25. The topological polar surface area (TPSA) is 101 Å². The molecule has 92 valence electrons. The average Bonchev–Trinajstić information content (AvgIpc) is 2.29. The Labute approximate surface area is 90.0 Å². The molecule has 0 heterocycles. The van der Waals surface area contributed by atoms with Gasteiger partial charge in [-0.2, -0.15) is 0 Å². The Morgan fingerprint density at radius 1 is 0.867 bits per heavy atom. The summed E-state index contributed by atoms with van der Waals surface area (Å²) < 4.78 is 0. The summed E-state index contributed by atoms with van der Waals surface area (Å²) in [5.41, 5.74) is -0.903. The zero-order chi connectivity index (χ0) is 11.7. The molecule has 0 saturated carbocycles. The van der Waals surface area contributed by atoms with Gasteiger partial charge in [-0.25, -0.2) is 0 Å². The second kappa shape index (κ2) is 8.01. The zero-order valence-electron chi connectivity index (χ0n) is 8.97. The van der Waals surface area contributed by atoms with Gasteiger partial charge in [-0.15, -0.1) is 0 Å². The van der Waals surface area contributed by atoms with Gasteiger partial charge < -0.3 is 25.5 Å². The predicted octanol–water partition coefficient (Wildman–Crippen LogP) is -1.14. The third-order valence-corrected chi connectivity index (χ3v) is 2.71. The van der Waals surface area contributed by atoms with Crippen molar-refractivity contribution in [2.75, 3.05) is 26.4 Å². The van der Waals surface area contributed by atoms with Gasteiger partial charge in [-0.3, -0.25) is 0 Å². The molecule has 0 aliphatic rings. The normalized spacial score (nSPS) is 14.2. The lowest BCUT2D eigenvalue weighted by atomic mass is 9.84. The Morgan fingerprint density at radius 2 is 1.40 bits per heavy atom. The van der Waals surface area contributed by atoms with E-state index in [0.29, 0.717) is 25.7 Å². The van der Waals surface area contributed by atoms with Gasteiger partial charge >= 0.3 is 0 Å². The second-order valence-corrected chi connectivity index (χ2v) is 4.03. The summed E-state index contributed by atoms with van der Waals surface area (Å²) in [7, 11) is 0. The Balaban J connectivity index is 3.88. The summed E-state index contributed by atoms with van der Waals surface area (Å²) in [6.45, 7) is -0.853. The molecule has 1 atom stereocenters. The maximum absolute atomic E-state index is 9.47. The summed E-state index contributed by atoms with van der Waals surface area (Å²) in [5.74, 6) is 0. The van der Waals surface area contributed by atoms with Crippen LogP contribution in [0, 0.1) is 5.41 Å². The lowest BCUT2D eigenvalue weighted by Gasteiger charge is -2.28. The van der Waals surface area contributed by atoms with Crippen molar-refractivity contribution in [1.82, 2.24) is 0 Å². The second-order valence-electron chi connectivity index (χ2n) is 4.03. The molecule has 0 aliphatic carbocycles. The van der Waals surface area contributed by atoms with Gasteiger partial charge in [0, 0.05) is 12.0 Å². The molecule has 5 heteroatoms. The van der Waals surface area contributed by atoms with Gasteiger partial charge in [0.2, 0.25) is 0 Å². The summed E-state index contributed by atoms with van der Waals surface area (Å²) >= 11 is 0. The highest BCUT2D eigenvalue weighted by atomic mass is 16.3. The van der Waals surface area contributed by atoms with Gasteiger partial charge in [-0.1, -0.05) is 0 Å². The highest BCUT2D eigenvalue weighted by molar-refractivity contribution is 4.78. The molecule has 5 N–H and O–H groups in total. The standard InChI is InChI=1S/C10H22O5/c11-5-1-2-9(15)3-4-10(6-12,7-13)8-14/h9,11-15H,1-8H2. The van der Waals surface area contributed by atoms with Gasteiger partial charge in [-0.05, 0) is 25.7 Å². The molecule has 0 aromatic carbocycles. The number of aliphatic hydroxyl groups excluding tert-OH is 5. The fourth-order valence-corrected chi connectivity index (χ4v) is 1.33. The minimum Gasteiger partial charge on any atom is -0.396 e. The molecule has 0 aliphatic heterocycles. The van der Waals surface area contributed by atoms with Crippen molar-refractivity contribution in [3.63, 3.8) is 0 Å². The smallest absolute Gasteiger partial charge is 0.0541 e. The van der Waals surface area contributed by atoms with Crippen molar-refractivity contribution in [3.8, 4) is 0 Å². The zero-order valence-corrected chi connectivity index (χ0v) is 8.97. The summed E-state index contributed by atoms with van der Waals surface area (Å²) in [5, 5.41) is 45.1. The van der Waals surface area contributed by atoms with E-state index in [4.69, 9.17) is 20.4 Å². The van der Waals surface area contributed by atoms with Crippen LogP contribution in [0.3, 0.4) is 0 Å². The first-order chi connectivity index (χ1) is 7.14. The van der Waals surface area contributed by atoms with E-state index in [2.05, 4.69) is 0 Å². The molecule has 0 radical (unpaired) electrons. The fraction of sp³-hybridized carbons (Fsp3) is 1.00. The maximum atomic E-state index is 9.47. The average molecular weight is 222 g/mol. The van der Waals surface area contributed by atoms with Gasteiger partial charge in [0.25, 0.3) is 0 Å². The highest BCUT2D eigenvalue weighted by Crippen LogP contribution is 2.23. The Bertz CT molecular complexity index is 138. The van der Waals surface area contributed by atoms with Crippen LogP contribution in [0.25, 0.3) is 0 Å². The predicted molar refractivity (Wildman–Crippen MR) is 55.3 cm³/mol. The van der Waals surface area contributed by atoms with E-state index in [1.165, 1.54) is 0 Å². The third kappa shape index (κ3) is 5.44. The molecular weight excluding hydrogens is 200 g/mol. The molecule has 0 rings (SSSR count). The maximum Gasteiger partial charge on any atom is 0.0541 e. The van der Waals surface area contributed by atoms with Crippen LogP contribution in [0.2, 0.25) is 0 Å². The van der Waals surface area contributed by atoms with Crippen LogP contribution >= 0.6 is 0 Å². The van der Waals surface area contributed by atoms with Crippen LogP contribution in [0.5, 0.6) is 0 Å². The van der Waals surface area contributed by atoms with Crippen molar-refractivity contribution in [1.29, 1.82) is 0 Å². The van der Waals surface area contributed by atoms with E-state index in [9.17, 15) is 5.11 Å². The van der Waals surface area contributed by atoms with Gasteiger partial charge in [0.15, 0.2) is 0 Å². The molecule has 0 bridgehead atoms. The van der Waals surface area contributed by atoms with E-state index in [1.54, 1.807) is 0 Å². The number of aliphatic hydroxyl groups is 5. The van der Waals surface area contributed by atoms with Crippen LogP contribution in [0.1, 0.15) is 25.7 Å². The lowest BCUT2D eigenvalue weighted by molar-refractivity contribution is -0.0111. The van der Waals surface area contributed by atoms with Crippen molar-refractivity contribution in [2.24, 2.45) is 5.41 Å². The quantitative estimate of drug-likeness (QED) is 0.339. The van der Waals surface area contributed by atoms with Crippen LogP contribution in [-0.2, 0) is 0 Å². The monoisotopic (exact) mass is 222 g/mol. The van der Waals surface area contributed by atoms with Crippen molar-refractivity contribution in [2.45, 2.75) is 31.8 Å². The molecule has 0 aromatic heterocycles. The molecule has 0 aromatic rings. The highest BCUT2D eigenvalue weighted by Gasteiger charge is 2.28. The minimum absolute atomic E-state index is 0.0439. The van der Waals surface area contributed by atoms with Crippen molar-refractivity contribution < 1.29 is 25.5 Å². The molecule has 0 spiro atoms. The van der Waals surface area contributed by atoms with E-state index in [0.717, 1.165) is 0 Å². The SMILES string of the molecule is OCCCC(O)CCC(CO)(CO)CO. The van der Waals surface area contributed by atoms with Gasteiger partial charge in [0.05, 0.1) is 25.9 Å². The van der Waals surface area contributed by atoms with Crippen LogP contribution in [-0.4, -0.2) is 58.1 Å². The van der Waals surface area contributed by atoms with E-state index in [1.807, 2.05) is 0 Å². The largest absolute Gasteiger partial charge is 0.396 e. The van der Waals surface area contributed by atoms with Crippen LogP contribution in [0.15, 0.2) is 0 Å². The molecule has 15 heavy (non-hydrogen) atoms. The third-order valence-electron chi connectivity index (χ3n) is 2.71. The molecule has 5 nitrogen and oxygen atoms in total. The molecule has 1 unspecified atom stereocenters. The molecule has 0 fully saturated rings. The van der Waals surface area contributed by atoms with Crippen molar-refractivity contribution >= 4 is 0 Å². The van der Waals surface area contributed by atoms with Gasteiger partial charge in [0.1, 0.15) is 0 Å². The van der Waals surface area contributed by atoms with Crippen LogP contribution < -0.4 is 0 Å². The van der Waals surface area contributed by atoms with Crippen molar-refractivity contribution in [3.05, 3.63) is 0 Å². The van der Waals surface area contributed by atoms with Crippen LogP contribution in [0.4, 0.5) is 0 Å². The number of hydrogen-bond acceptors (Lipinski definition) is 5. The summed E-state index contributed by atoms with van der Waals surface area (Å²) in [6.07, 6.45) is 1.24. The summed E-state index contributed by atoms with van der Waals surface area (Å²) in [4.78, 5) is 0. The van der Waals surface area contributed by atoms with E-state index in [-0.39, 0.29) is 26.4 Å². The molecule has 0 saturated heterocycles. The van der Waals surface area contributed by atoms with E-state index >= 15 is 0 Å². The lowest BCUT2D eigenvalue weighted by Crippen LogP contribution is -2.34. The van der Waals surface area contributed by atoms with E-state index < -0.39 is 11.5 Å².